The third-order valence-corrected chi connectivity index (χ3v) is 7.28. The van der Waals surface area contributed by atoms with Gasteiger partial charge in [0.25, 0.3) is 0 Å². The number of fused-ring (bicyclic) bond motifs is 1. The van der Waals surface area contributed by atoms with Gasteiger partial charge in [-0.2, -0.15) is 0 Å². The normalized spacial score (nSPS) is 15.7. The fourth-order valence-corrected chi connectivity index (χ4v) is 5.36. The van der Waals surface area contributed by atoms with E-state index >= 15 is 8.78 Å². The van der Waals surface area contributed by atoms with Crippen molar-refractivity contribution in [1.82, 2.24) is 24.3 Å². The highest BCUT2D eigenvalue weighted by molar-refractivity contribution is 5.78. The van der Waals surface area contributed by atoms with Crippen LogP contribution >= 0.6 is 0 Å². The summed E-state index contributed by atoms with van der Waals surface area (Å²) < 4.78 is 32.5. The van der Waals surface area contributed by atoms with Crippen LogP contribution in [0.4, 0.5) is 14.6 Å². The molecule has 40 heavy (non-hydrogen) atoms. The van der Waals surface area contributed by atoms with Gasteiger partial charge in [0.2, 0.25) is 0 Å². The molecule has 2 aromatic heterocycles. The zero-order chi connectivity index (χ0) is 28.8. The lowest BCUT2D eigenvalue weighted by atomic mass is 10.0. The van der Waals surface area contributed by atoms with Gasteiger partial charge in [-0.3, -0.25) is 9.89 Å². The average Bonchev–Trinajstić information content (AvgIpc) is 3.26. The molecular weight excluding hydrogens is 512 g/mol. The van der Waals surface area contributed by atoms with Crippen LogP contribution in [0.25, 0.3) is 17.1 Å². The van der Waals surface area contributed by atoms with E-state index in [1.54, 1.807) is 18.0 Å². The van der Waals surface area contributed by atoms with Crippen molar-refractivity contribution in [3.05, 3.63) is 70.8 Å². The maximum Gasteiger partial charge on any atom is 0.151 e. The quantitative estimate of drug-likeness (QED) is 0.243. The highest BCUT2D eigenvalue weighted by atomic mass is 19.1. The van der Waals surface area contributed by atoms with Gasteiger partial charge in [-0.1, -0.05) is 11.6 Å². The van der Waals surface area contributed by atoms with E-state index in [1.165, 1.54) is 11.6 Å². The summed E-state index contributed by atoms with van der Waals surface area (Å²) in [6, 6.07) is 6.20. The number of likely N-dealkylation sites (tertiary alicyclic amines) is 1. The van der Waals surface area contributed by atoms with Gasteiger partial charge in [-0.25, -0.2) is 18.7 Å². The Hall–Kier alpha value is -3.47. The number of aliphatic hydroxyl groups is 1. The van der Waals surface area contributed by atoms with Crippen LogP contribution in [0.1, 0.15) is 55.7 Å². The molecule has 0 spiro atoms. The predicted molar refractivity (Wildman–Crippen MR) is 158 cm³/mol. The van der Waals surface area contributed by atoms with Gasteiger partial charge >= 0.3 is 0 Å². The Balaban J connectivity index is 1.49. The summed E-state index contributed by atoms with van der Waals surface area (Å²) in [5.74, 6) is 0.303. The number of likely N-dealkylation sites (N-methyl/N-ethyl adjacent to an activating group) is 1. The third-order valence-electron chi connectivity index (χ3n) is 7.28. The van der Waals surface area contributed by atoms with E-state index in [2.05, 4.69) is 38.0 Å². The first-order valence-electron chi connectivity index (χ1n) is 13.6. The van der Waals surface area contributed by atoms with E-state index in [4.69, 9.17) is 5.11 Å². The van der Waals surface area contributed by atoms with Gasteiger partial charge in [0.1, 0.15) is 23.0 Å². The van der Waals surface area contributed by atoms with E-state index in [9.17, 15) is 0 Å². The van der Waals surface area contributed by atoms with E-state index in [1.807, 2.05) is 43.7 Å². The second kappa shape index (κ2) is 13.3. The molecule has 1 unspecified atom stereocenters. The number of nitrogens with one attached hydrogen (secondary N) is 1. The molecule has 1 saturated heterocycles. The summed E-state index contributed by atoms with van der Waals surface area (Å²) in [5.41, 5.74) is 3.74. The number of halogens is 2. The molecule has 4 rings (SSSR count). The lowest BCUT2D eigenvalue weighted by molar-refractivity contribution is 0.187. The first kappa shape index (κ1) is 29.5. The van der Waals surface area contributed by atoms with Crippen LogP contribution in [0.15, 0.2) is 53.1 Å². The number of imidazole rings is 1. The fourth-order valence-electron chi connectivity index (χ4n) is 5.36. The van der Waals surface area contributed by atoms with Gasteiger partial charge in [0.05, 0.1) is 31.0 Å². The summed E-state index contributed by atoms with van der Waals surface area (Å²) in [5, 5.41) is 12.4. The van der Waals surface area contributed by atoms with E-state index in [0.29, 0.717) is 22.7 Å². The largest absolute Gasteiger partial charge is 0.395 e. The second-order valence-electron chi connectivity index (χ2n) is 10.5. The molecule has 1 aliphatic heterocycles. The molecule has 0 bridgehead atoms. The van der Waals surface area contributed by atoms with Gasteiger partial charge in [-0.15, -0.1) is 0 Å². The van der Waals surface area contributed by atoms with Crippen molar-refractivity contribution in [3.63, 3.8) is 0 Å². The molecule has 0 saturated carbocycles. The monoisotopic (exact) mass is 551 g/mol. The molecule has 0 aliphatic carbocycles. The molecule has 1 aliphatic rings. The molecule has 214 valence electrons. The smallest absolute Gasteiger partial charge is 0.151 e. The fraction of sp³-hybridized carbons (Fsp3) is 0.433. The van der Waals surface area contributed by atoms with Crippen LogP contribution in [-0.2, 0) is 0 Å². The summed E-state index contributed by atoms with van der Waals surface area (Å²) in [6.07, 6.45) is 7.01. The molecule has 0 amide bonds. The molecule has 8 nitrogen and oxygen atoms in total. The minimum absolute atomic E-state index is 0.0662. The summed E-state index contributed by atoms with van der Waals surface area (Å²) >= 11 is 0. The topological polar surface area (TPSA) is 81.8 Å². The highest BCUT2D eigenvalue weighted by Crippen LogP contribution is 2.33. The molecule has 1 atom stereocenters. The van der Waals surface area contributed by atoms with Crippen molar-refractivity contribution in [2.45, 2.75) is 45.7 Å². The SMILES string of the molecule is C=N/C=C(/F)C(c1cc(F)c2nc(C)n(C(C)C)c2c1)N(C)CNc1ccc(C=C2CCN(CCO)CC2)cn1. The van der Waals surface area contributed by atoms with Gasteiger partial charge in [-0.05, 0) is 82.8 Å². The Morgan fingerprint density at radius 1 is 1.27 bits per heavy atom. The number of pyridine rings is 1. The molecule has 3 heterocycles. The van der Waals surface area contributed by atoms with Crippen molar-refractivity contribution in [2.75, 3.05) is 45.3 Å². The van der Waals surface area contributed by atoms with E-state index < -0.39 is 17.7 Å². The maximum atomic E-state index is 15.3. The van der Waals surface area contributed by atoms with Crippen molar-refractivity contribution in [2.24, 2.45) is 4.99 Å². The Morgan fingerprint density at radius 3 is 2.65 bits per heavy atom. The lowest BCUT2D eigenvalue weighted by Crippen LogP contribution is -2.32. The number of nitrogens with zero attached hydrogens (tertiary/aromatic N) is 6. The number of aliphatic hydroxyl groups excluding tert-OH is 1. The number of rotatable bonds is 11. The Morgan fingerprint density at radius 2 is 2.02 bits per heavy atom. The van der Waals surface area contributed by atoms with Crippen LogP contribution in [-0.4, -0.2) is 76.1 Å². The zero-order valence-electron chi connectivity index (χ0n) is 23.7. The Kier molecular flexibility index (Phi) is 9.78. The number of benzene rings is 1. The van der Waals surface area contributed by atoms with Gasteiger partial charge in [0, 0.05) is 31.9 Å². The summed E-state index contributed by atoms with van der Waals surface area (Å²) in [6.45, 7) is 12.3. The van der Waals surface area contributed by atoms with Crippen molar-refractivity contribution in [1.29, 1.82) is 0 Å². The average molecular weight is 552 g/mol. The number of anilines is 1. The Bertz CT molecular complexity index is 1370. The van der Waals surface area contributed by atoms with Gasteiger partial charge < -0.3 is 19.9 Å². The predicted octanol–water partition coefficient (Wildman–Crippen LogP) is 5.49. The molecule has 10 heteroatoms. The van der Waals surface area contributed by atoms with Crippen molar-refractivity contribution >= 4 is 29.6 Å². The number of hydrogen-bond donors (Lipinski definition) is 2. The molecule has 1 aromatic carbocycles. The first-order valence-corrected chi connectivity index (χ1v) is 13.6. The highest BCUT2D eigenvalue weighted by Gasteiger charge is 2.25. The first-order chi connectivity index (χ1) is 19.2. The number of hydrogen-bond acceptors (Lipinski definition) is 7. The minimum Gasteiger partial charge on any atom is -0.395 e. The third kappa shape index (κ3) is 6.80. The van der Waals surface area contributed by atoms with Crippen LogP contribution in [0, 0.1) is 12.7 Å². The van der Waals surface area contributed by atoms with Crippen molar-refractivity contribution < 1.29 is 13.9 Å². The number of aliphatic imine (C=N–C) groups is 1. The lowest BCUT2D eigenvalue weighted by Gasteiger charge is -2.28. The second-order valence-corrected chi connectivity index (χ2v) is 10.5. The van der Waals surface area contributed by atoms with Crippen LogP contribution in [0.3, 0.4) is 0 Å². The molecular formula is C30H39F2N7O. The number of piperidine rings is 1. The number of aromatic nitrogens is 3. The molecule has 1 fully saturated rings. The maximum absolute atomic E-state index is 15.3. The van der Waals surface area contributed by atoms with Gasteiger partial charge in [0.15, 0.2) is 5.82 Å². The van der Waals surface area contributed by atoms with E-state index in [-0.39, 0.29) is 24.8 Å². The minimum atomic E-state index is -0.895. The molecule has 2 N–H and O–H groups in total. The van der Waals surface area contributed by atoms with Crippen LogP contribution < -0.4 is 5.32 Å². The number of aryl methyl sites for hydroxylation is 1. The zero-order valence-corrected chi connectivity index (χ0v) is 23.7. The molecule has 0 radical (unpaired) electrons. The van der Waals surface area contributed by atoms with E-state index in [0.717, 1.165) is 44.2 Å². The number of β-amino-alcohol motifs (C(OH)–C–C–N with tert-alkyl or cyclic N) is 1. The van der Waals surface area contributed by atoms with Crippen molar-refractivity contribution in [3.8, 4) is 0 Å². The van der Waals surface area contributed by atoms with Crippen LogP contribution in [0.2, 0.25) is 0 Å². The summed E-state index contributed by atoms with van der Waals surface area (Å²) in [7, 11) is 1.75. The van der Waals surface area contributed by atoms with Crippen LogP contribution in [0.5, 0.6) is 0 Å². The summed E-state index contributed by atoms with van der Waals surface area (Å²) in [4.78, 5) is 16.5. The Labute approximate surface area is 234 Å². The molecule has 3 aromatic rings. The standard InChI is InChI=1S/C30H39F2N7O/c1-20(2)39-21(3)36-29-25(31)15-24(16-27(29)39)30(26(32)18-33-4)37(5)19-35-28-7-6-23(17-34-28)14-22-8-10-38(11-9-22)12-13-40/h6-7,14-18,20,30,40H,4,8-13,19H2,1-3,5H3,(H,34,35)/b26-18+.